The number of rotatable bonds is 3. The summed E-state index contributed by atoms with van der Waals surface area (Å²) < 4.78 is 5.05. The highest BCUT2D eigenvalue weighted by Gasteiger charge is 2.27. The highest BCUT2D eigenvalue weighted by atomic mass is 16.5. The molecular weight excluding hydrogens is 254 g/mol. The molecule has 20 heavy (non-hydrogen) atoms. The molecule has 4 heteroatoms. The van der Waals surface area contributed by atoms with Gasteiger partial charge in [0.2, 0.25) is 0 Å². The number of methoxy groups -OCH3 is 1. The number of amides is 1. The molecule has 0 atom stereocenters. The van der Waals surface area contributed by atoms with Gasteiger partial charge in [-0.3, -0.25) is 4.79 Å². The van der Waals surface area contributed by atoms with Crippen molar-refractivity contribution in [2.45, 2.75) is 38.6 Å². The fourth-order valence-electron chi connectivity index (χ4n) is 2.85. The molecule has 0 aliphatic heterocycles. The van der Waals surface area contributed by atoms with E-state index in [4.69, 9.17) is 4.74 Å². The van der Waals surface area contributed by atoms with Crippen molar-refractivity contribution in [3.63, 3.8) is 0 Å². The van der Waals surface area contributed by atoms with E-state index in [0.29, 0.717) is 11.3 Å². The fraction of sp³-hybridized carbons (Fsp3) is 0.562. The summed E-state index contributed by atoms with van der Waals surface area (Å²) in [5.41, 5.74) is 0.311. The van der Waals surface area contributed by atoms with Crippen molar-refractivity contribution < 1.29 is 14.6 Å². The van der Waals surface area contributed by atoms with Crippen molar-refractivity contribution in [2.24, 2.45) is 5.92 Å². The molecule has 1 aliphatic carbocycles. The molecule has 0 radical (unpaired) electrons. The Hall–Kier alpha value is -1.71. The minimum Gasteiger partial charge on any atom is -0.504 e. The minimum absolute atomic E-state index is 0.0731. The quantitative estimate of drug-likeness (QED) is 0.923. The highest BCUT2D eigenvalue weighted by molar-refractivity contribution is 5.97. The van der Waals surface area contributed by atoms with Gasteiger partial charge in [-0.05, 0) is 43.7 Å². The summed E-state index contributed by atoms with van der Waals surface area (Å²) in [6.45, 7) is 2.26. The number of carbonyl (C=O) groups is 1. The first-order valence-corrected chi connectivity index (χ1v) is 7.17. The predicted molar refractivity (Wildman–Crippen MR) is 78.2 cm³/mol. The molecule has 4 nitrogen and oxygen atoms in total. The van der Waals surface area contributed by atoms with Gasteiger partial charge in [0.1, 0.15) is 0 Å². The average molecular weight is 277 g/mol. The number of hydrogen-bond acceptors (Lipinski definition) is 3. The van der Waals surface area contributed by atoms with Gasteiger partial charge in [-0.1, -0.05) is 13.0 Å². The largest absolute Gasteiger partial charge is 0.504 e. The molecular formula is C16H23NO3. The molecule has 1 fully saturated rings. The van der Waals surface area contributed by atoms with E-state index in [1.165, 1.54) is 7.11 Å². The lowest BCUT2D eigenvalue weighted by Gasteiger charge is -2.33. The Balaban J connectivity index is 2.14. The van der Waals surface area contributed by atoms with Crippen LogP contribution in [-0.4, -0.2) is 36.1 Å². The van der Waals surface area contributed by atoms with E-state index in [1.807, 2.05) is 7.05 Å². The lowest BCUT2D eigenvalue weighted by molar-refractivity contribution is 0.0676. The first-order valence-electron chi connectivity index (χ1n) is 7.17. The number of para-hydroxylation sites is 1. The topological polar surface area (TPSA) is 49.8 Å². The molecule has 2 rings (SSSR count). The molecule has 1 amide bonds. The molecule has 0 spiro atoms. The zero-order chi connectivity index (χ0) is 14.7. The Labute approximate surface area is 120 Å². The van der Waals surface area contributed by atoms with Crippen molar-refractivity contribution in [1.29, 1.82) is 0 Å². The van der Waals surface area contributed by atoms with E-state index in [0.717, 1.165) is 31.6 Å². The van der Waals surface area contributed by atoms with Crippen LogP contribution in [0.2, 0.25) is 0 Å². The Morgan fingerprint density at radius 1 is 1.30 bits per heavy atom. The summed E-state index contributed by atoms with van der Waals surface area (Å²) in [6.07, 6.45) is 4.39. The maximum atomic E-state index is 12.5. The van der Waals surface area contributed by atoms with Crippen LogP contribution in [0.1, 0.15) is 43.0 Å². The number of carbonyl (C=O) groups excluding carboxylic acids is 1. The van der Waals surface area contributed by atoms with Crippen LogP contribution in [0.25, 0.3) is 0 Å². The number of phenolic OH excluding ortho intramolecular Hbond substituents is 1. The maximum absolute atomic E-state index is 12.5. The molecule has 1 aromatic rings. The normalized spacial score (nSPS) is 22.4. The van der Waals surface area contributed by atoms with Crippen molar-refractivity contribution >= 4 is 5.91 Å². The van der Waals surface area contributed by atoms with E-state index in [1.54, 1.807) is 23.1 Å². The van der Waals surface area contributed by atoms with Crippen molar-refractivity contribution in [3.8, 4) is 11.5 Å². The second-order valence-corrected chi connectivity index (χ2v) is 5.69. The summed E-state index contributed by atoms with van der Waals surface area (Å²) in [7, 11) is 3.30. The fourth-order valence-corrected chi connectivity index (χ4v) is 2.85. The van der Waals surface area contributed by atoms with E-state index in [-0.39, 0.29) is 17.7 Å². The molecule has 1 aromatic carbocycles. The molecule has 0 unspecified atom stereocenters. The summed E-state index contributed by atoms with van der Waals surface area (Å²) >= 11 is 0. The first-order chi connectivity index (χ1) is 9.54. The van der Waals surface area contributed by atoms with Crippen LogP contribution in [0.5, 0.6) is 11.5 Å². The minimum atomic E-state index is -0.138. The third-order valence-electron chi connectivity index (χ3n) is 4.30. The van der Waals surface area contributed by atoms with Crippen molar-refractivity contribution in [3.05, 3.63) is 23.8 Å². The van der Waals surface area contributed by atoms with E-state index < -0.39 is 0 Å². The third-order valence-corrected chi connectivity index (χ3v) is 4.30. The average Bonchev–Trinajstić information content (AvgIpc) is 2.47. The van der Waals surface area contributed by atoms with Gasteiger partial charge in [0, 0.05) is 13.1 Å². The number of benzene rings is 1. The van der Waals surface area contributed by atoms with Crippen LogP contribution in [0.15, 0.2) is 18.2 Å². The van der Waals surface area contributed by atoms with Gasteiger partial charge in [-0.25, -0.2) is 0 Å². The van der Waals surface area contributed by atoms with Crippen LogP contribution in [0.3, 0.4) is 0 Å². The highest BCUT2D eigenvalue weighted by Crippen LogP contribution is 2.32. The monoisotopic (exact) mass is 277 g/mol. The standard InChI is InChI=1S/C16H23NO3/c1-11-7-9-12(10-8-11)17(2)16(19)13-5-4-6-14(20-3)15(13)18/h4-6,11-12,18H,7-10H2,1-3H3. The predicted octanol–water partition coefficient (Wildman–Crippen LogP) is 3.05. The van der Waals surface area contributed by atoms with E-state index in [9.17, 15) is 9.90 Å². The summed E-state index contributed by atoms with van der Waals surface area (Å²) in [4.78, 5) is 14.3. The van der Waals surface area contributed by atoms with Gasteiger partial charge in [0.25, 0.3) is 5.91 Å². The number of ether oxygens (including phenoxy) is 1. The molecule has 0 bridgehead atoms. The van der Waals surface area contributed by atoms with E-state index in [2.05, 4.69) is 6.92 Å². The van der Waals surface area contributed by atoms with Gasteiger partial charge in [0.15, 0.2) is 11.5 Å². The molecule has 0 aromatic heterocycles. The smallest absolute Gasteiger partial charge is 0.257 e. The molecule has 1 N–H and O–H groups in total. The molecule has 0 saturated heterocycles. The zero-order valence-corrected chi connectivity index (χ0v) is 12.4. The van der Waals surface area contributed by atoms with Gasteiger partial charge in [-0.15, -0.1) is 0 Å². The van der Waals surface area contributed by atoms with E-state index >= 15 is 0 Å². The van der Waals surface area contributed by atoms with Crippen molar-refractivity contribution in [2.75, 3.05) is 14.2 Å². The maximum Gasteiger partial charge on any atom is 0.257 e. The number of hydrogen-bond donors (Lipinski definition) is 1. The zero-order valence-electron chi connectivity index (χ0n) is 12.4. The number of nitrogens with zero attached hydrogens (tertiary/aromatic N) is 1. The van der Waals surface area contributed by atoms with Gasteiger partial charge < -0.3 is 14.7 Å². The lowest BCUT2D eigenvalue weighted by atomic mass is 9.86. The third kappa shape index (κ3) is 2.89. The van der Waals surface area contributed by atoms with Gasteiger partial charge in [0.05, 0.1) is 12.7 Å². The molecule has 1 saturated carbocycles. The van der Waals surface area contributed by atoms with Gasteiger partial charge in [-0.2, -0.15) is 0 Å². The first kappa shape index (κ1) is 14.7. The van der Waals surface area contributed by atoms with Crippen LogP contribution in [0, 0.1) is 5.92 Å². The number of phenols is 1. The summed E-state index contributed by atoms with van der Waals surface area (Å²) in [5.74, 6) is 0.874. The lowest BCUT2D eigenvalue weighted by Crippen LogP contribution is -2.39. The summed E-state index contributed by atoms with van der Waals surface area (Å²) in [6, 6.07) is 5.28. The SMILES string of the molecule is COc1cccc(C(=O)N(C)C2CCC(C)CC2)c1O. The van der Waals surface area contributed by atoms with Crippen LogP contribution in [-0.2, 0) is 0 Å². The van der Waals surface area contributed by atoms with Crippen LogP contribution in [0.4, 0.5) is 0 Å². The molecule has 110 valence electrons. The Bertz CT molecular complexity index is 479. The summed E-state index contributed by atoms with van der Waals surface area (Å²) in [5, 5.41) is 10.1. The number of aromatic hydroxyl groups is 1. The van der Waals surface area contributed by atoms with Crippen molar-refractivity contribution in [1.82, 2.24) is 4.90 Å². The van der Waals surface area contributed by atoms with Crippen LogP contribution >= 0.6 is 0 Å². The Morgan fingerprint density at radius 2 is 1.95 bits per heavy atom. The Morgan fingerprint density at radius 3 is 2.55 bits per heavy atom. The molecule has 1 aliphatic rings. The molecule has 0 heterocycles. The second kappa shape index (κ2) is 6.16. The second-order valence-electron chi connectivity index (χ2n) is 5.69. The van der Waals surface area contributed by atoms with Gasteiger partial charge >= 0.3 is 0 Å². The van der Waals surface area contributed by atoms with Crippen LogP contribution < -0.4 is 4.74 Å². The Kier molecular flexibility index (Phi) is 4.53.